The van der Waals surface area contributed by atoms with E-state index in [4.69, 9.17) is 5.26 Å². The summed E-state index contributed by atoms with van der Waals surface area (Å²) in [5.41, 5.74) is 2.03. The van der Waals surface area contributed by atoms with Gasteiger partial charge in [0.2, 0.25) is 5.91 Å². The molecule has 1 aliphatic heterocycles. The number of hydrogen-bond acceptors (Lipinski definition) is 4. The fourth-order valence-corrected chi connectivity index (χ4v) is 2.93. The van der Waals surface area contributed by atoms with Crippen LogP contribution in [0, 0.1) is 17.2 Å². The number of pyridine rings is 1. The number of amides is 1. The normalized spacial score (nSPS) is 16.5. The molecule has 1 fully saturated rings. The van der Waals surface area contributed by atoms with E-state index in [0.29, 0.717) is 19.5 Å². The van der Waals surface area contributed by atoms with Gasteiger partial charge in [0.1, 0.15) is 11.6 Å². The van der Waals surface area contributed by atoms with Crippen LogP contribution >= 0.6 is 0 Å². The van der Waals surface area contributed by atoms with E-state index in [1.807, 2.05) is 30.2 Å². The second-order valence-corrected chi connectivity index (χ2v) is 5.47. The fourth-order valence-electron chi connectivity index (χ4n) is 2.93. The molecular weight excluding hydrogens is 278 g/mol. The van der Waals surface area contributed by atoms with Crippen molar-refractivity contribution in [2.24, 2.45) is 5.92 Å². The van der Waals surface area contributed by atoms with Gasteiger partial charge in [-0.15, -0.1) is 0 Å². The molecule has 3 heterocycles. The molecule has 1 N–H and O–H groups in total. The summed E-state index contributed by atoms with van der Waals surface area (Å²) in [5.74, 6) is -0.546. The van der Waals surface area contributed by atoms with Crippen LogP contribution in [0.1, 0.15) is 13.3 Å². The molecule has 0 radical (unpaired) electrons. The quantitative estimate of drug-likeness (QED) is 0.936. The molecule has 0 aromatic carbocycles. The molecule has 1 amide bonds. The highest BCUT2D eigenvalue weighted by Crippen LogP contribution is 2.25. The van der Waals surface area contributed by atoms with E-state index in [1.165, 1.54) is 0 Å². The van der Waals surface area contributed by atoms with Crippen molar-refractivity contribution in [3.05, 3.63) is 24.5 Å². The van der Waals surface area contributed by atoms with Gasteiger partial charge in [-0.25, -0.2) is 4.98 Å². The lowest BCUT2D eigenvalue weighted by atomic mass is 10.1. The average molecular weight is 297 g/mol. The minimum absolute atomic E-state index is 0.0360. The molecule has 114 valence electrons. The molecule has 0 saturated carbocycles. The molecule has 2 aromatic rings. The second-order valence-electron chi connectivity index (χ2n) is 5.47. The summed E-state index contributed by atoms with van der Waals surface area (Å²) < 4.78 is 0. The molecule has 1 aliphatic rings. The molecule has 0 aliphatic carbocycles. The van der Waals surface area contributed by atoms with Crippen LogP contribution in [0.3, 0.4) is 0 Å². The Labute approximate surface area is 129 Å². The zero-order chi connectivity index (χ0) is 15.5. The molecule has 3 rings (SSSR count). The molecule has 1 saturated heterocycles. The monoisotopic (exact) mass is 297 g/mol. The zero-order valence-electron chi connectivity index (χ0n) is 12.6. The number of fused-ring (bicyclic) bond motifs is 1. The van der Waals surface area contributed by atoms with E-state index >= 15 is 0 Å². The number of rotatable bonds is 3. The highest BCUT2D eigenvalue weighted by molar-refractivity contribution is 5.90. The Morgan fingerprint density at radius 3 is 2.86 bits per heavy atom. The first-order valence-electron chi connectivity index (χ1n) is 7.60. The van der Waals surface area contributed by atoms with Crippen LogP contribution in [0.5, 0.6) is 0 Å². The van der Waals surface area contributed by atoms with Gasteiger partial charge >= 0.3 is 0 Å². The fraction of sp³-hybridized carbons (Fsp3) is 0.438. The largest absolute Gasteiger partial charge is 0.367 e. The highest BCUT2D eigenvalue weighted by Gasteiger charge is 2.26. The number of nitrogens with one attached hydrogen (secondary N) is 1. The van der Waals surface area contributed by atoms with Gasteiger partial charge in [0.05, 0.1) is 6.07 Å². The smallest absolute Gasteiger partial charge is 0.240 e. The Kier molecular flexibility index (Phi) is 3.96. The van der Waals surface area contributed by atoms with Gasteiger partial charge in [-0.3, -0.25) is 4.79 Å². The van der Waals surface area contributed by atoms with Crippen LogP contribution in [-0.4, -0.2) is 47.0 Å². The SMILES string of the molecule is CCC(C#N)C(=O)N1CCN(c2ccnc3[nH]ccc23)CC1. The van der Waals surface area contributed by atoms with Crippen LogP contribution in [0.25, 0.3) is 11.0 Å². The Balaban J connectivity index is 1.71. The summed E-state index contributed by atoms with van der Waals surface area (Å²) in [6.07, 6.45) is 4.26. The maximum atomic E-state index is 12.2. The summed E-state index contributed by atoms with van der Waals surface area (Å²) in [5, 5.41) is 10.1. The van der Waals surface area contributed by atoms with Crippen molar-refractivity contribution in [2.45, 2.75) is 13.3 Å². The average Bonchev–Trinajstić information content (AvgIpc) is 3.04. The number of hydrogen-bond donors (Lipinski definition) is 1. The van der Waals surface area contributed by atoms with Gasteiger partial charge in [0.15, 0.2) is 0 Å². The third-order valence-corrected chi connectivity index (χ3v) is 4.23. The predicted molar refractivity (Wildman–Crippen MR) is 84.3 cm³/mol. The highest BCUT2D eigenvalue weighted by atomic mass is 16.2. The summed E-state index contributed by atoms with van der Waals surface area (Å²) in [7, 11) is 0. The van der Waals surface area contributed by atoms with Crippen LogP contribution < -0.4 is 4.90 Å². The Bertz CT molecular complexity index is 709. The van der Waals surface area contributed by atoms with Crippen molar-refractivity contribution in [1.82, 2.24) is 14.9 Å². The summed E-state index contributed by atoms with van der Waals surface area (Å²) >= 11 is 0. The zero-order valence-corrected chi connectivity index (χ0v) is 12.6. The van der Waals surface area contributed by atoms with Crippen molar-refractivity contribution in [3.63, 3.8) is 0 Å². The molecular formula is C16H19N5O. The Hall–Kier alpha value is -2.55. The lowest BCUT2D eigenvalue weighted by molar-refractivity contribution is -0.134. The van der Waals surface area contributed by atoms with E-state index in [0.717, 1.165) is 29.8 Å². The van der Waals surface area contributed by atoms with Crippen LogP contribution in [0.15, 0.2) is 24.5 Å². The number of carbonyl (C=O) groups excluding carboxylic acids is 1. The van der Waals surface area contributed by atoms with Crippen molar-refractivity contribution in [3.8, 4) is 6.07 Å². The van der Waals surface area contributed by atoms with Gasteiger partial charge < -0.3 is 14.8 Å². The molecule has 0 bridgehead atoms. The standard InChI is InChI=1S/C16H19N5O/c1-2-12(11-17)16(22)21-9-7-20(8-10-21)14-4-6-19-15-13(14)3-5-18-15/h3-6,12H,2,7-10H2,1H3,(H,18,19). The maximum Gasteiger partial charge on any atom is 0.240 e. The van der Waals surface area contributed by atoms with E-state index in [2.05, 4.69) is 20.9 Å². The molecule has 0 spiro atoms. The second kappa shape index (κ2) is 6.06. The predicted octanol–water partition coefficient (Wildman–Crippen LogP) is 1.76. The lowest BCUT2D eigenvalue weighted by Crippen LogP contribution is -2.50. The number of nitriles is 1. The van der Waals surface area contributed by atoms with Crippen molar-refractivity contribution in [1.29, 1.82) is 5.26 Å². The number of anilines is 1. The summed E-state index contributed by atoms with van der Waals surface area (Å²) in [4.78, 5) is 23.7. The minimum Gasteiger partial charge on any atom is -0.367 e. The van der Waals surface area contributed by atoms with Crippen LogP contribution in [-0.2, 0) is 4.79 Å². The molecule has 1 atom stereocenters. The summed E-state index contributed by atoms with van der Waals surface area (Å²) in [6, 6.07) is 6.13. The molecule has 2 aromatic heterocycles. The first-order valence-corrected chi connectivity index (χ1v) is 7.60. The van der Waals surface area contributed by atoms with Gasteiger partial charge in [0.25, 0.3) is 0 Å². The number of carbonyl (C=O) groups is 1. The summed E-state index contributed by atoms with van der Waals surface area (Å²) in [6.45, 7) is 4.74. The van der Waals surface area contributed by atoms with Crippen molar-refractivity contribution < 1.29 is 4.79 Å². The number of aromatic amines is 1. The van der Waals surface area contributed by atoms with Crippen molar-refractivity contribution >= 4 is 22.6 Å². The van der Waals surface area contributed by atoms with E-state index < -0.39 is 5.92 Å². The number of piperazine rings is 1. The number of aromatic nitrogens is 2. The lowest BCUT2D eigenvalue weighted by Gasteiger charge is -2.37. The molecule has 1 unspecified atom stereocenters. The number of H-pyrrole nitrogens is 1. The van der Waals surface area contributed by atoms with Crippen LogP contribution in [0.2, 0.25) is 0 Å². The van der Waals surface area contributed by atoms with Crippen LogP contribution in [0.4, 0.5) is 5.69 Å². The van der Waals surface area contributed by atoms with E-state index in [9.17, 15) is 4.79 Å². The molecule has 22 heavy (non-hydrogen) atoms. The van der Waals surface area contributed by atoms with Gasteiger partial charge in [-0.2, -0.15) is 5.26 Å². The third kappa shape index (κ3) is 2.50. The minimum atomic E-state index is -0.510. The van der Waals surface area contributed by atoms with Gasteiger partial charge in [-0.1, -0.05) is 6.92 Å². The molecule has 6 heteroatoms. The van der Waals surface area contributed by atoms with Crippen molar-refractivity contribution in [2.75, 3.05) is 31.1 Å². The number of nitrogens with zero attached hydrogens (tertiary/aromatic N) is 4. The first-order chi connectivity index (χ1) is 10.7. The first kappa shape index (κ1) is 14.4. The van der Waals surface area contributed by atoms with Gasteiger partial charge in [0, 0.05) is 49.6 Å². The third-order valence-electron chi connectivity index (χ3n) is 4.23. The Morgan fingerprint density at radius 1 is 1.41 bits per heavy atom. The van der Waals surface area contributed by atoms with Gasteiger partial charge in [-0.05, 0) is 18.6 Å². The Morgan fingerprint density at radius 2 is 2.18 bits per heavy atom. The topological polar surface area (TPSA) is 76.0 Å². The maximum absolute atomic E-state index is 12.2. The van der Waals surface area contributed by atoms with E-state index in [1.54, 1.807) is 6.20 Å². The van der Waals surface area contributed by atoms with E-state index in [-0.39, 0.29) is 5.91 Å². The molecule has 6 nitrogen and oxygen atoms in total.